The molecule has 0 aliphatic rings. The molecule has 3 rings (SSSR count). The third-order valence-corrected chi connectivity index (χ3v) is 4.97. The largest absolute Gasteiger partial charge is 0.477 e. The van der Waals surface area contributed by atoms with Crippen molar-refractivity contribution in [2.75, 3.05) is 6.61 Å². The van der Waals surface area contributed by atoms with Crippen molar-refractivity contribution in [3.8, 4) is 16.3 Å². The van der Waals surface area contributed by atoms with E-state index in [9.17, 15) is 19.7 Å². The maximum Gasteiger partial charge on any atom is 0.310 e. The van der Waals surface area contributed by atoms with E-state index in [1.165, 1.54) is 29.5 Å². The lowest BCUT2D eigenvalue weighted by atomic mass is 10.2. The van der Waals surface area contributed by atoms with E-state index in [4.69, 9.17) is 4.74 Å². The lowest BCUT2D eigenvalue weighted by Gasteiger charge is -2.08. The predicted molar refractivity (Wildman–Crippen MR) is 106 cm³/mol. The molecule has 0 saturated heterocycles. The fourth-order valence-electron chi connectivity index (χ4n) is 2.40. The number of benzene rings is 2. The third-order valence-electron chi connectivity index (χ3n) is 3.76. The lowest BCUT2D eigenvalue weighted by molar-refractivity contribution is -0.385. The Balaban J connectivity index is 1.56. The van der Waals surface area contributed by atoms with E-state index in [-0.39, 0.29) is 11.4 Å². The molecule has 148 valence electrons. The number of thiazole rings is 1. The number of nitrogens with one attached hydrogen (secondary N) is 2. The summed E-state index contributed by atoms with van der Waals surface area (Å²) in [6.45, 7) is 1.21. The van der Waals surface area contributed by atoms with Gasteiger partial charge in [-0.05, 0) is 13.0 Å². The van der Waals surface area contributed by atoms with E-state index in [2.05, 4.69) is 15.8 Å². The lowest BCUT2D eigenvalue weighted by Crippen LogP contribution is -2.43. The third kappa shape index (κ3) is 4.93. The highest BCUT2D eigenvalue weighted by atomic mass is 32.1. The van der Waals surface area contributed by atoms with Gasteiger partial charge >= 0.3 is 5.69 Å². The number of aryl methyl sites for hydroxylation is 1. The number of para-hydroxylation sites is 2. The molecule has 0 fully saturated rings. The standard InChI is InChI=1S/C19H16N4O5S/c1-12-17(29-19(20-12)13-7-3-2-4-8-13)18(25)22-21-16(24)11-28-15-10-6-5-9-14(15)23(26)27/h2-10H,11H2,1H3,(H,21,24)(H,22,25). The van der Waals surface area contributed by atoms with Crippen LogP contribution >= 0.6 is 11.3 Å². The molecular weight excluding hydrogens is 396 g/mol. The zero-order valence-electron chi connectivity index (χ0n) is 15.2. The normalized spacial score (nSPS) is 10.2. The Kier molecular flexibility index (Phi) is 6.15. The number of carbonyl (C=O) groups excluding carboxylic acids is 2. The molecule has 0 aliphatic carbocycles. The number of hydrogen-bond acceptors (Lipinski definition) is 7. The molecule has 0 saturated carbocycles. The molecule has 2 amide bonds. The number of aromatic nitrogens is 1. The van der Waals surface area contributed by atoms with Gasteiger partial charge in [-0.15, -0.1) is 11.3 Å². The van der Waals surface area contributed by atoms with Crippen LogP contribution in [0.3, 0.4) is 0 Å². The van der Waals surface area contributed by atoms with Crippen LogP contribution in [0.25, 0.3) is 10.6 Å². The Morgan fingerprint density at radius 2 is 1.79 bits per heavy atom. The van der Waals surface area contributed by atoms with Gasteiger partial charge in [0.15, 0.2) is 12.4 Å². The second-order valence-corrected chi connectivity index (χ2v) is 6.81. The first-order valence-electron chi connectivity index (χ1n) is 8.44. The van der Waals surface area contributed by atoms with Gasteiger partial charge in [0, 0.05) is 11.6 Å². The Labute approximate surface area is 169 Å². The van der Waals surface area contributed by atoms with Gasteiger partial charge in [0.2, 0.25) is 0 Å². The van der Waals surface area contributed by atoms with Crippen LogP contribution in [0.1, 0.15) is 15.4 Å². The number of rotatable bonds is 6. The first kappa shape index (κ1) is 20.0. The molecule has 0 unspecified atom stereocenters. The van der Waals surface area contributed by atoms with Crippen molar-refractivity contribution in [1.29, 1.82) is 0 Å². The molecule has 29 heavy (non-hydrogen) atoms. The number of amides is 2. The minimum Gasteiger partial charge on any atom is -0.477 e. The van der Waals surface area contributed by atoms with Crippen LogP contribution in [-0.2, 0) is 4.79 Å². The minimum absolute atomic E-state index is 0.0372. The van der Waals surface area contributed by atoms with E-state index in [1.807, 2.05) is 30.3 Å². The summed E-state index contributed by atoms with van der Waals surface area (Å²) in [7, 11) is 0. The van der Waals surface area contributed by atoms with Crippen molar-refractivity contribution < 1.29 is 19.2 Å². The van der Waals surface area contributed by atoms with Crippen molar-refractivity contribution in [2.45, 2.75) is 6.92 Å². The average molecular weight is 412 g/mol. The fourth-order valence-corrected chi connectivity index (χ4v) is 3.37. The molecule has 1 heterocycles. The summed E-state index contributed by atoms with van der Waals surface area (Å²) < 4.78 is 5.17. The molecule has 0 bridgehead atoms. The van der Waals surface area contributed by atoms with Crippen molar-refractivity contribution in [2.24, 2.45) is 0 Å². The summed E-state index contributed by atoms with van der Waals surface area (Å²) in [5.41, 5.74) is 5.69. The van der Waals surface area contributed by atoms with Crippen LogP contribution in [0.15, 0.2) is 54.6 Å². The van der Waals surface area contributed by atoms with E-state index in [1.54, 1.807) is 13.0 Å². The summed E-state index contributed by atoms with van der Waals surface area (Å²) in [5.74, 6) is -1.21. The summed E-state index contributed by atoms with van der Waals surface area (Å²) >= 11 is 1.21. The van der Waals surface area contributed by atoms with Gasteiger partial charge in [-0.25, -0.2) is 4.98 Å². The summed E-state index contributed by atoms with van der Waals surface area (Å²) in [5, 5.41) is 11.6. The second kappa shape index (κ2) is 8.93. The van der Waals surface area contributed by atoms with Crippen molar-refractivity contribution >= 4 is 28.8 Å². The van der Waals surface area contributed by atoms with Gasteiger partial charge in [-0.2, -0.15) is 0 Å². The molecule has 0 aliphatic heterocycles. The average Bonchev–Trinajstić information content (AvgIpc) is 3.13. The molecule has 0 atom stereocenters. The number of ether oxygens (including phenoxy) is 1. The Morgan fingerprint density at radius 1 is 1.10 bits per heavy atom. The van der Waals surface area contributed by atoms with Crippen molar-refractivity contribution in [1.82, 2.24) is 15.8 Å². The van der Waals surface area contributed by atoms with Crippen LogP contribution in [0.4, 0.5) is 5.69 Å². The van der Waals surface area contributed by atoms with Crippen LogP contribution in [-0.4, -0.2) is 28.3 Å². The van der Waals surface area contributed by atoms with Gasteiger partial charge in [0.25, 0.3) is 11.8 Å². The number of nitrogens with zero attached hydrogens (tertiary/aromatic N) is 2. The molecule has 0 spiro atoms. The summed E-state index contributed by atoms with van der Waals surface area (Å²) in [6.07, 6.45) is 0. The smallest absolute Gasteiger partial charge is 0.310 e. The quantitative estimate of drug-likeness (QED) is 0.474. The molecule has 2 N–H and O–H groups in total. The number of carbonyl (C=O) groups is 2. The minimum atomic E-state index is -0.665. The van der Waals surface area contributed by atoms with E-state index < -0.39 is 23.3 Å². The van der Waals surface area contributed by atoms with E-state index >= 15 is 0 Å². The van der Waals surface area contributed by atoms with Gasteiger partial charge < -0.3 is 4.74 Å². The van der Waals surface area contributed by atoms with E-state index in [0.29, 0.717) is 15.6 Å². The zero-order chi connectivity index (χ0) is 20.8. The number of hydrazine groups is 1. The highest BCUT2D eigenvalue weighted by Crippen LogP contribution is 2.27. The molecule has 2 aromatic carbocycles. The SMILES string of the molecule is Cc1nc(-c2ccccc2)sc1C(=O)NNC(=O)COc1ccccc1[N+](=O)[O-]. The van der Waals surface area contributed by atoms with Gasteiger partial charge in [-0.1, -0.05) is 42.5 Å². The predicted octanol–water partition coefficient (Wildman–Crippen LogP) is 2.87. The molecule has 9 nitrogen and oxygen atoms in total. The van der Waals surface area contributed by atoms with Gasteiger partial charge in [-0.3, -0.25) is 30.6 Å². The fraction of sp³-hybridized carbons (Fsp3) is 0.105. The van der Waals surface area contributed by atoms with Crippen LogP contribution < -0.4 is 15.6 Å². The highest BCUT2D eigenvalue weighted by Gasteiger charge is 2.18. The van der Waals surface area contributed by atoms with Crippen molar-refractivity contribution in [3.63, 3.8) is 0 Å². The van der Waals surface area contributed by atoms with Crippen LogP contribution in [0, 0.1) is 17.0 Å². The van der Waals surface area contributed by atoms with Crippen molar-refractivity contribution in [3.05, 3.63) is 75.3 Å². The zero-order valence-corrected chi connectivity index (χ0v) is 16.1. The Hall–Kier alpha value is -3.79. The van der Waals surface area contributed by atoms with Crippen LogP contribution in [0.5, 0.6) is 5.75 Å². The topological polar surface area (TPSA) is 123 Å². The molecule has 10 heteroatoms. The maximum absolute atomic E-state index is 12.3. The number of hydrogen-bond donors (Lipinski definition) is 2. The first-order chi connectivity index (χ1) is 14.0. The monoisotopic (exact) mass is 412 g/mol. The molecule has 0 radical (unpaired) electrons. The molecular formula is C19H16N4O5S. The Bertz CT molecular complexity index is 1050. The second-order valence-electron chi connectivity index (χ2n) is 5.82. The number of nitro benzene ring substituents is 1. The molecule has 1 aromatic heterocycles. The van der Waals surface area contributed by atoms with Crippen LogP contribution in [0.2, 0.25) is 0 Å². The highest BCUT2D eigenvalue weighted by molar-refractivity contribution is 7.17. The van der Waals surface area contributed by atoms with Gasteiger partial charge in [0.1, 0.15) is 9.88 Å². The maximum atomic E-state index is 12.3. The van der Waals surface area contributed by atoms with E-state index in [0.717, 1.165) is 5.56 Å². The summed E-state index contributed by atoms with van der Waals surface area (Å²) in [4.78, 5) is 39.3. The summed E-state index contributed by atoms with van der Waals surface area (Å²) in [6, 6.07) is 15.1. The first-order valence-corrected chi connectivity index (χ1v) is 9.25. The molecule has 3 aromatic rings. The Morgan fingerprint density at radius 3 is 2.52 bits per heavy atom. The van der Waals surface area contributed by atoms with Gasteiger partial charge in [0.05, 0.1) is 10.6 Å². The number of nitro groups is 1.